The van der Waals surface area contributed by atoms with Gasteiger partial charge in [-0.05, 0) is 18.2 Å². The molecule has 154 valence electrons. The molecule has 1 atom stereocenters. The standard InChI is InChI=1S/C21H18FN3O5/c1-27-19-5-3-16-20(24-19)14(15(22)10-23-16)9-13-11-25(21(26)30-13)12-2-4-17-18(8-12)29-7-6-28-17/h2-5,8,10,13H,6-7,9,11H2,1H3/t13-/m1/s1. The van der Waals surface area contributed by atoms with Gasteiger partial charge >= 0.3 is 6.09 Å². The summed E-state index contributed by atoms with van der Waals surface area (Å²) in [7, 11) is 1.49. The van der Waals surface area contributed by atoms with E-state index in [-0.39, 0.29) is 13.0 Å². The molecule has 0 saturated carbocycles. The molecule has 4 heterocycles. The molecule has 0 bridgehead atoms. The second kappa shape index (κ2) is 7.33. The molecule has 0 spiro atoms. The number of fused-ring (bicyclic) bond motifs is 2. The molecule has 8 nitrogen and oxygen atoms in total. The second-order valence-electron chi connectivity index (χ2n) is 6.95. The van der Waals surface area contributed by atoms with Crippen LogP contribution in [0.25, 0.3) is 11.0 Å². The minimum Gasteiger partial charge on any atom is -0.486 e. The third-order valence-corrected chi connectivity index (χ3v) is 5.09. The first-order chi connectivity index (χ1) is 14.6. The zero-order valence-electron chi connectivity index (χ0n) is 16.1. The number of amides is 1. The van der Waals surface area contributed by atoms with E-state index in [1.165, 1.54) is 12.0 Å². The van der Waals surface area contributed by atoms with Gasteiger partial charge in [0.2, 0.25) is 5.88 Å². The van der Waals surface area contributed by atoms with Crippen molar-refractivity contribution >= 4 is 22.8 Å². The third-order valence-electron chi connectivity index (χ3n) is 5.09. The Balaban J connectivity index is 1.41. The highest BCUT2D eigenvalue weighted by atomic mass is 19.1. The lowest BCUT2D eigenvalue weighted by atomic mass is 10.1. The first-order valence-corrected chi connectivity index (χ1v) is 9.48. The first-order valence-electron chi connectivity index (χ1n) is 9.48. The van der Waals surface area contributed by atoms with Gasteiger partial charge in [-0.3, -0.25) is 9.88 Å². The van der Waals surface area contributed by atoms with E-state index in [4.69, 9.17) is 18.9 Å². The molecule has 0 aliphatic carbocycles. The number of carbonyl (C=O) groups excluding carboxylic acids is 1. The third kappa shape index (κ3) is 3.22. The fourth-order valence-electron chi connectivity index (χ4n) is 3.65. The molecule has 0 N–H and O–H groups in total. The Morgan fingerprint density at radius 2 is 2.03 bits per heavy atom. The lowest BCUT2D eigenvalue weighted by Gasteiger charge is -2.21. The average Bonchev–Trinajstić information content (AvgIpc) is 3.15. The summed E-state index contributed by atoms with van der Waals surface area (Å²) in [4.78, 5) is 22.4. The van der Waals surface area contributed by atoms with Gasteiger partial charge in [-0.15, -0.1) is 0 Å². The van der Waals surface area contributed by atoms with Gasteiger partial charge in [0.15, 0.2) is 11.5 Å². The van der Waals surface area contributed by atoms with Crippen LogP contribution in [-0.4, -0.2) is 49.0 Å². The molecule has 2 aromatic heterocycles. The molecule has 1 saturated heterocycles. The highest BCUT2D eigenvalue weighted by Gasteiger charge is 2.34. The molecule has 9 heteroatoms. The van der Waals surface area contributed by atoms with E-state index in [0.717, 1.165) is 6.20 Å². The molecular formula is C21H18FN3O5. The number of anilines is 1. The van der Waals surface area contributed by atoms with E-state index in [9.17, 15) is 9.18 Å². The molecule has 1 amide bonds. The summed E-state index contributed by atoms with van der Waals surface area (Å²) in [5.41, 5.74) is 1.90. The lowest BCUT2D eigenvalue weighted by molar-refractivity contribution is 0.141. The Morgan fingerprint density at radius 3 is 2.87 bits per heavy atom. The monoisotopic (exact) mass is 411 g/mol. The minimum atomic E-state index is -0.543. The SMILES string of the molecule is COc1ccc2ncc(F)c(C[C@@H]3CN(c4ccc5c(c4)OCCO5)C(=O)O3)c2n1. The number of aromatic nitrogens is 2. The number of ether oxygens (including phenoxy) is 4. The van der Waals surface area contributed by atoms with Crippen molar-refractivity contribution in [3.05, 3.63) is 47.9 Å². The van der Waals surface area contributed by atoms with Crippen LogP contribution in [0.5, 0.6) is 17.4 Å². The number of carbonyl (C=O) groups is 1. The van der Waals surface area contributed by atoms with E-state index in [1.807, 2.05) is 0 Å². The van der Waals surface area contributed by atoms with E-state index in [1.54, 1.807) is 30.3 Å². The van der Waals surface area contributed by atoms with Crippen LogP contribution in [0.15, 0.2) is 36.5 Å². The van der Waals surface area contributed by atoms with Crippen LogP contribution in [0, 0.1) is 5.82 Å². The summed E-state index contributed by atoms with van der Waals surface area (Å²) < 4.78 is 36.3. The highest BCUT2D eigenvalue weighted by molar-refractivity contribution is 5.90. The second-order valence-corrected chi connectivity index (χ2v) is 6.95. The smallest absolute Gasteiger partial charge is 0.414 e. The van der Waals surface area contributed by atoms with E-state index in [0.29, 0.717) is 52.9 Å². The summed E-state index contributed by atoms with van der Waals surface area (Å²) >= 11 is 0. The predicted molar refractivity (Wildman–Crippen MR) is 105 cm³/mol. The van der Waals surface area contributed by atoms with Crippen molar-refractivity contribution in [2.75, 3.05) is 31.8 Å². The van der Waals surface area contributed by atoms with Crippen LogP contribution in [0.3, 0.4) is 0 Å². The summed E-state index contributed by atoms with van der Waals surface area (Å²) in [6.45, 7) is 1.21. The Morgan fingerprint density at radius 1 is 1.20 bits per heavy atom. The predicted octanol–water partition coefficient (Wildman–Crippen LogP) is 3.12. The highest BCUT2D eigenvalue weighted by Crippen LogP contribution is 2.35. The van der Waals surface area contributed by atoms with Crippen LogP contribution in [0.2, 0.25) is 0 Å². The van der Waals surface area contributed by atoms with E-state index in [2.05, 4.69) is 9.97 Å². The fraction of sp³-hybridized carbons (Fsp3) is 0.286. The number of nitrogens with zero attached hydrogens (tertiary/aromatic N) is 3. The minimum absolute atomic E-state index is 0.164. The van der Waals surface area contributed by atoms with Crippen LogP contribution in [0.1, 0.15) is 5.56 Å². The molecule has 0 unspecified atom stereocenters. The molecule has 3 aromatic rings. The number of benzene rings is 1. The van der Waals surface area contributed by atoms with Gasteiger partial charge in [0, 0.05) is 24.1 Å². The van der Waals surface area contributed by atoms with Crippen molar-refractivity contribution in [3.63, 3.8) is 0 Å². The topological polar surface area (TPSA) is 83.0 Å². The van der Waals surface area contributed by atoms with Gasteiger partial charge in [0.25, 0.3) is 0 Å². The number of pyridine rings is 2. The molecule has 5 rings (SSSR count). The van der Waals surface area contributed by atoms with E-state index < -0.39 is 18.0 Å². The number of hydrogen-bond donors (Lipinski definition) is 0. The maximum Gasteiger partial charge on any atom is 0.414 e. The average molecular weight is 411 g/mol. The Labute approximate surface area is 171 Å². The van der Waals surface area contributed by atoms with Crippen LogP contribution in [0.4, 0.5) is 14.9 Å². The van der Waals surface area contributed by atoms with Gasteiger partial charge in [0.05, 0.1) is 36.6 Å². The van der Waals surface area contributed by atoms with Gasteiger partial charge < -0.3 is 18.9 Å². The van der Waals surface area contributed by atoms with Crippen LogP contribution < -0.4 is 19.1 Å². The van der Waals surface area contributed by atoms with Crippen LogP contribution in [-0.2, 0) is 11.2 Å². The molecule has 1 aromatic carbocycles. The molecule has 2 aliphatic rings. The number of methoxy groups -OCH3 is 1. The van der Waals surface area contributed by atoms with Gasteiger partial charge in [0.1, 0.15) is 25.1 Å². The quantitative estimate of drug-likeness (QED) is 0.652. The van der Waals surface area contributed by atoms with Crippen molar-refractivity contribution in [2.45, 2.75) is 12.5 Å². The van der Waals surface area contributed by atoms with E-state index >= 15 is 0 Å². The molecular weight excluding hydrogens is 393 g/mol. The Bertz CT molecular complexity index is 1140. The molecule has 30 heavy (non-hydrogen) atoms. The van der Waals surface area contributed by atoms with Gasteiger partial charge in [-0.25, -0.2) is 14.2 Å². The maximum absolute atomic E-state index is 14.6. The molecule has 0 radical (unpaired) electrons. The summed E-state index contributed by atoms with van der Waals surface area (Å²) in [6, 6.07) is 8.65. The summed E-state index contributed by atoms with van der Waals surface area (Å²) in [6.07, 6.45) is 0.277. The van der Waals surface area contributed by atoms with Crippen molar-refractivity contribution < 1.29 is 28.1 Å². The Hall–Kier alpha value is -3.62. The normalized spacial score (nSPS) is 17.9. The number of halogens is 1. The summed E-state index contributed by atoms with van der Waals surface area (Å²) in [5, 5.41) is 0. The van der Waals surface area contributed by atoms with Gasteiger partial charge in [-0.2, -0.15) is 0 Å². The maximum atomic E-state index is 14.6. The molecule has 1 fully saturated rings. The fourth-order valence-corrected chi connectivity index (χ4v) is 3.65. The number of rotatable bonds is 4. The zero-order chi connectivity index (χ0) is 20.7. The van der Waals surface area contributed by atoms with Crippen molar-refractivity contribution in [1.82, 2.24) is 9.97 Å². The lowest BCUT2D eigenvalue weighted by Crippen LogP contribution is -2.25. The molecule has 2 aliphatic heterocycles. The summed E-state index contributed by atoms with van der Waals surface area (Å²) in [5.74, 6) is 1.08. The van der Waals surface area contributed by atoms with Gasteiger partial charge in [-0.1, -0.05) is 0 Å². The Kier molecular flexibility index (Phi) is 4.50. The number of cyclic esters (lactones) is 1. The first kappa shape index (κ1) is 18.4. The van der Waals surface area contributed by atoms with Crippen LogP contribution >= 0.6 is 0 Å². The van der Waals surface area contributed by atoms with Crippen molar-refractivity contribution in [1.29, 1.82) is 0 Å². The largest absolute Gasteiger partial charge is 0.486 e. The number of hydrogen-bond acceptors (Lipinski definition) is 7. The zero-order valence-corrected chi connectivity index (χ0v) is 16.1. The van der Waals surface area contributed by atoms with Crippen molar-refractivity contribution in [2.24, 2.45) is 0 Å². The van der Waals surface area contributed by atoms with Crippen molar-refractivity contribution in [3.8, 4) is 17.4 Å².